The molecule has 5 rings (SSSR count). The van der Waals surface area contributed by atoms with E-state index in [-0.39, 0.29) is 25.1 Å². The van der Waals surface area contributed by atoms with Crippen LogP contribution in [0.25, 0.3) is 0 Å². The van der Waals surface area contributed by atoms with Gasteiger partial charge in [0.05, 0.1) is 6.54 Å². The molecule has 0 spiro atoms. The Hall–Kier alpha value is -3.37. The van der Waals surface area contributed by atoms with Crippen molar-refractivity contribution in [2.75, 3.05) is 29.9 Å². The lowest BCUT2D eigenvalue weighted by Crippen LogP contribution is -2.31. The molecule has 3 N–H and O–H groups in total. The number of carboxylic acid groups (broad SMARTS) is 1. The second-order valence-electron chi connectivity index (χ2n) is 8.19. The van der Waals surface area contributed by atoms with E-state index in [1.807, 2.05) is 6.07 Å². The molecule has 11 heteroatoms. The lowest BCUT2D eigenvalue weighted by molar-refractivity contribution is -0.123. The minimum Gasteiger partial charge on any atom is -0.483 e. The molecule has 180 valence electrons. The molecule has 10 nitrogen and oxygen atoms in total. The quantitative estimate of drug-likeness (QED) is 0.418. The van der Waals surface area contributed by atoms with Crippen molar-refractivity contribution in [1.82, 2.24) is 10.3 Å². The summed E-state index contributed by atoms with van der Waals surface area (Å²) in [4.78, 5) is 38.0. The first-order chi connectivity index (χ1) is 16.5. The predicted molar refractivity (Wildman–Crippen MR) is 125 cm³/mol. The van der Waals surface area contributed by atoms with Gasteiger partial charge in [0.1, 0.15) is 11.9 Å². The van der Waals surface area contributed by atoms with Crippen molar-refractivity contribution in [2.24, 2.45) is 0 Å². The predicted octanol–water partition coefficient (Wildman–Crippen LogP) is 2.63. The molecule has 3 heterocycles. The van der Waals surface area contributed by atoms with Crippen molar-refractivity contribution in [2.45, 2.75) is 37.8 Å². The van der Waals surface area contributed by atoms with E-state index < -0.39 is 6.09 Å². The molecule has 1 fully saturated rings. The number of halogens is 1. The molecule has 1 aromatic carbocycles. The zero-order chi connectivity index (χ0) is 24.1. The standard InChI is InChI=1S/C22H23ClN4O4.CH2O2/c23-15-4-3-13-9-16(10-14(13)8-15)24-7-1-2-17-11-27(22(29)31-17)19-6-5-18-21(25-19)26-20(28)12-30-18;2-1-3/h3-6,8,16-17,24H,1-2,7,9-12H2,(H,25,26,28);1H,(H,2,3). The molecule has 34 heavy (non-hydrogen) atoms. The zero-order valence-electron chi connectivity index (χ0n) is 18.3. The van der Waals surface area contributed by atoms with Crippen molar-refractivity contribution >= 4 is 41.7 Å². The van der Waals surface area contributed by atoms with Gasteiger partial charge in [-0.25, -0.2) is 9.78 Å². The van der Waals surface area contributed by atoms with Crippen LogP contribution < -0.4 is 20.3 Å². The summed E-state index contributed by atoms with van der Waals surface area (Å²) in [5.74, 6) is 1.00. The lowest BCUT2D eigenvalue weighted by Gasteiger charge is -2.19. The Labute approximate surface area is 201 Å². The van der Waals surface area contributed by atoms with Gasteiger partial charge in [-0.15, -0.1) is 0 Å². The number of hydrogen-bond donors (Lipinski definition) is 3. The third-order valence-electron chi connectivity index (χ3n) is 5.85. The summed E-state index contributed by atoms with van der Waals surface area (Å²) in [7, 11) is 0. The first-order valence-electron chi connectivity index (χ1n) is 11.0. The van der Waals surface area contributed by atoms with Crippen LogP contribution in [0.4, 0.5) is 16.4 Å². The van der Waals surface area contributed by atoms with Gasteiger partial charge in [0.2, 0.25) is 0 Å². The molecule has 3 aliphatic rings. The normalized spacial score (nSPS) is 20.3. The maximum absolute atomic E-state index is 12.3. The van der Waals surface area contributed by atoms with Crippen LogP contribution in [0.15, 0.2) is 30.3 Å². The van der Waals surface area contributed by atoms with Gasteiger partial charge in [0.15, 0.2) is 18.2 Å². The van der Waals surface area contributed by atoms with Crippen molar-refractivity contribution in [3.05, 3.63) is 46.5 Å². The number of aromatic nitrogens is 1. The van der Waals surface area contributed by atoms with Crippen LogP contribution in [0.3, 0.4) is 0 Å². The summed E-state index contributed by atoms with van der Waals surface area (Å²) >= 11 is 6.08. The molecular weight excluding hydrogens is 464 g/mol. The number of cyclic esters (lactones) is 1. The molecule has 0 saturated carbocycles. The van der Waals surface area contributed by atoms with E-state index in [4.69, 9.17) is 31.0 Å². The van der Waals surface area contributed by atoms with Crippen LogP contribution in [0.2, 0.25) is 5.02 Å². The highest BCUT2D eigenvalue weighted by atomic mass is 35.5. The van der Waals surface area contributed by atoms with E-state index in [1.165, 1.54) is 16.0 Å². The van der Waals surface area contributed by atoms with Gasteiger partial charge in [0, 0.05) is 11.1 Å². The number of pyridine rings is 1. The van der Waals surface area contributed by atoms with Gasteiger partial charge in [-0.1, -0.05) is 17.7 Å². The highest BCUT2D eigenvalue weighted by Gasteiger charge is 2.33. The maximum atomic E-state index is 12.3. The smallest absolute Gasteiger partial charge is 0.415 e. The van der Waals surface area contributed by atoms with Gasteiger partial charge in [-0.05, 0) is 67.6 Å². The Bertz CT molecular complexity index is 1080. The maximum Gasteiger partial charge on any atom is 0.415 e. The van der Waals surface area contributed by atoms with Gasteiger partial charge in [0.25, 0.3) is 12.4 Å². The van der Waals surface area contributed by atoms with Gasteiger partial charge < -0.3 is 25.2 Å². The molecule has 1 aromatic heterocycles. The highest BCUT2D eigenvalue weighted by molar-refractivity contribution is 6.30. The van der Waals surface area contributed by atoms with Crippen LogP contribution >= 0.6 is 11.6 Å². The SMILES string of the molecule is O=C1COc2ccc(N3CC(CCCNC4Cc5ccc(Cl)cc5C4)OC3=O)nc2N1.O=CO. The van der Waals surface area contributed by atoms with Crippen molar-refractivity contribution < 1.29 is 29.0 Å². The lowest BCUT2D eigenvalue weighted by atomic mass is 10.1. The first kappa shape index (κ1) is 23.8. The number of amides is 2. The molecular formula is C23H25ClN4O6. The van der Waals surface area contributed by atoms with Crippen LogP contribution in [0, 0.1) is 0 Å². The number of anilines is 2. The fourth-order valence-corrected chi connectivity index (χ4v) is 4.52. The molecule has 2 unspecified atom stereocenters. The minimum absolute atomic E-state index is 0.0312. The molecule has 0 radical (unpaired) electrons. The number of benzene rings is 1. The monoisotopic (exact) mass is 488 g/mol. The van der Waals surface area contributed by atoms with E-state index in [9.17, 15) is 9.59 Å². The second-order valence-corrected chi connectivity index (χ2v) is 8.63. The second kappa shape index (κ2) is 10.7. The number of ether oxygens (including phenoxy) is 2. The first-order valence-corrected chi connectivity index (χ1v) is 11.3. The van der Waals surface area contributed by atoms with E-state index in [2.05, 4.69) is 27.8 Å². The van der Waals surface area contributed by atoms with Crippen molar-refractivity contribution in [1.29, 1.82) is 0 Å². The van der Waals surface area contributed by atoms with E-state index in [0.29, 0.717) is 30.0 Å². The molecule has 1 saturated heterocycles. The highest BCUT2D eigenvalue weighted by Crippen LogP contribution is 2.30. The third kappa shape index (κ3) is 5.57. The summed E-state index contributed by atoms with van der Waals surface area (Å²) in [6.45, 7) is 1.02. The third-order valence-corrected chi connectivity index (χ3v) is 6.08. The fraction of sp³-hybridized carbons (Fsp3) is 0.391. The number of hydrogen-bond acceptors (Lipinski definition) is 7. The summed E-state index contributed by atoms with van der Waals surface area (Å²) in [6, 6.07) is 9.94. The average Bonchev–Trinajstić information content (AvgIpc) is 3.39. The Morgan fingerprint density at radius 1 is 1.24 bits per heavy atom. The number of carbonyl (C=O) groups is 3. The van der Waals surface area contributed by atoms with Gasteiger partial charge >= 0.3 is 6.09 Å². The summed E-state index contributed by atoms with van der Waals surface area (Å²) < 4.78 is 10.8. The van der Waals surface area contributed by atoms with Crippen LogP contribution in [-0.4, -0.2) is 60.4 Å². The van der Waals surface area contributed by atoms with E-state index >= 15 is 0 Å². The number of rotatable bonds is 6. The molecule has 2 aliphatic heterocycles. The molecule has 1 aliphatic carbocycles. The van der Waals surface area contributed by atoms with Gasteiger partial charge in [-0.3, -0.25) is 14.5 Å². The fourth-order valence-electron chi connectivity index (χ4n) is 4.33. The Morgan fingerprint density at radius 3 is 2.85 bits per heavy atom. The summed E-state index contributed by atoms with van der Waals surface area (Å²) in [5.41, 5.74) is 2.69. The van der Waals surface area contributed by atoms with Crippen LogP contribution in [0.1, 0.15) is 24.0 Å². The van der Waals surface area contributed by atoms with Crippen LogP contribution in [-0.2, 0) is 27.2 Å². The number of fused-ring (bicyclic) bond motifs is 2. The largest absolute Gasteiger partial charge is 0.483 e. The average molecular weight is 489 g/mol. The molecule has 2 amide bonds. The minimum atomic E-state index is -0.420. The topological polar surface area (TPSA) is 130 Å². The zero-order valence-corrected chi connectivity index (χ0v) is 19.1. The van der Waals surface area contributed by atoms with Crippen molar-refractivity contribution in [3.63, 3.8) is 0 Å². The Balaban J connectivity index is 0.000000868. The number of nitrogens with zero attached hydrogens (tertiary/aromatic N) is 2. The molecule has 0 bridgehead atoms. The summed E-state index contributed by atoms with van der Waals surface area (Å²) in [5, 5.41) is 13.9. The Kier molecular flexibility index (Phi) is 7.49. The Morgan fingerprint density at radius 2 is 2.03 bits per heavy atom. The van der Waals surface area contributed by atoms with Crippen LogP contribution in [0.5, 0.6) is 5.75 Å². The number of nitrogens with one attached hydrogen (secondary N) is 2. The van der Waals surface area contributed by atoms with E-state index in [0.717, 1.165) is 37.3 Å². The van der Waals surface area contributed by atoms with Gasteiger partial charge in [-0.2, -0.15) is 0 Å². The van der Waals surface area contributed by atoms with Crippen molar-refractivity contribution in [3.8, 4) is 5.75 Å². The molecule has 2 aromatic rings. The number of carbonyl (C=O) groups excluding carboxylic acids is 2. The molecule has 2 atom stereocenters. The van der Waals surface area contributed by atoms with E-state index in [1.54, 1.807) is 12.1 Å². The summed E-state index contributed by atoms with van der Waals surface area (Å²) in [6.07, 6.45) is 3.08.